The number of nitrogens with one attached hydrogen (secondary N) is 1. The van der Waals surface area contributed by atoms with Gasteiger partial charge in [0.15, 0.2) is 0 Å². The van der Waals surface area contributed by atoms with Gasteiger partial charge < -0.3 is 10.4 Å². The van der Waals surface area contributed by atoms with E-state index in [0.29, 0.717) is 6.42 Å². The minimum absolute atomic E-state index is 0.0578. The van der Waals surface area contributed by atoms with Gasteiger partial charge in [0.2, 0.25) is 5.91 Å². The van der Waals surface area contributed by atoms with Gasteiger partial charge in [0, 0.05) is 6.42 Å². The molecule has 1 atom stereocenters. The highest BCUT2D eigenvalue weighted by Gasteiger charge is 2.24. The zero-order valence-corrected chi connectivity index (χ0v) is 12.3. The molecule has 2 rings (SSSR count). The summed E-state index contributed by atoms with van der Waals surface area (Å²) in [6, 6.07) is 1.90. The second-order valence-corrected chi connectivity index (χ2v) is 6.53. The van der Waals surface area contributed by atoms with E-state index >= 15 is 0 Å². The number of aliphatic hydroxyl groups is 1. The maximum absolute atomic E-state index is 11.8. The van der Waals surface area contributed by atoms with E-state index in [1.807, 2.05) is 16.8 Å². The average molecular weight is 281 g/mol. The van der Waals surface area contributed by atoms with E-state index in [-0.39, 0.29) is 12.5 Å². The quantitative estimate of drug-likeness (QED) is 0.842. The summed E-state index contributed by atoms with van der Waals surface area (Å²) in [6.45, 7) is 2.03. The predicted molar refractivity (Wildman–Crippen MR) is 78.1 cm³/mol. The van der Waals surface area contributed by atoms with Crippen LogP contribution in [0.5, 0.6) is 0 Å². The van der Waals surface area contributed by atoms with Crippen molar-refractivity contribution in [2.45, 2.75) is 51.0 Å². The van der Waals surface area contributed by atoms with Gasteiger partial charge in [-0.25, -0.2) is 0 Å². The summed E-state index contributed by atoms with van der Waals surface area (Å²) < 4.78 is 0. The van der Waals surface area contributed by atoms with Crippen molar-refractivity contribution < 1.29 is 9.90 Å². The van der Waals surface area contributed by atoms with Gasteiger partial charge in [-0.2, -0.15) is 11.3 Å². The number of carbonyl (C=O) groups excluding carboxylic acids is 1. The first-order valence-electron chi connectivity index (χ1n) is 7.10. The lowest BCUT2D eigenvalue weighted by molar-refractivity contribution is -0.122. The third-order valence-electron chi connectivity index (χ3n) is 4.03. The van der Waals surface area contributed by atoms with Crippen LogP contribution in [0.1, 0.15) is 51.0 Å². The number of rotatable bonds is 6. The fourth-order valence-corrected chi connectivity index (χ4v) is 3.45. The molecule has 1 aromatic rings. The first-order chi connectivity index (χ1) is 9.08. The molecule has 1 amide bonds. The Balaban J connectivity index is 1.70. The number of thiophene rings is 1. The third-order valence-corrected chi connectivity index (χ3v) is 4.71. The lowest BCUT2D eigenvalue weighted by Gasteiger charge is -2.23. The normalized spacial score (nSPS) is 19.3. The van der Waals surface area contributed by atoms with Gasteiger partial charge >= 0.3 is 0 Å². The molecule has 2 N–H and O–H groups in total. The predicted octanol–water partition coefficient (Wildman–Crippen LogP) is 3.04. The van der Waals surface area contributed by atoms with E-state index in [4.69, 9.17) is 0 Å². The smallest absolute Gasteiger partial charge is 0.220 e. The van der Waals surface area contributed by atoms with Crippen molar-refractivity contribution in [3.05, 3.63) is 22.4 Å². The second-order valence-electron chi connectivity index (χ2n) is 5.75. The summed E-state index contributed by atoms with van der Waals surface area (Å²) in [5.41, 5.74) is -0.100. The Hall–Kier alpha value is -0.870. The molecule has 3 nitrogen and oxygen atoms in total. The molecular weight excluding hydrogens is 258 g/mol. The van der Waals surface area contributed by atoms with Crippen LogP contribution in [-0.2, 0) is 10.4 Å². The van der Waals surface area contributed by atoms with E-state index in [9.17, 15) is 9.90 Å². The molecule has 0 bridgehead atoms. The summed E-state index contributed by atoms with van der Waals surface area (Å²) in [7, 11) is 0. The van der Waals surface area contributed by atoms with E-state index < -0.39 is 5.60 Å². The molecule has 0 aliphatic heterocycles. The van der Waals surface area contributed by atoms with Crippen LogP contribution < -0.4 is 5.32 Å². The largest absolute Gasteiger partial charge is 0.384 e. The molecule has 1 saturated carbocycles. The molecule has 1 heterocycles. The molecule has 0 radical (unpaired) electrons. The van der Waals surface area contributed by atoms with E-state index in [1.165, 1.54) is 25.7 Å². The average Bonchev–Trinajstić information content (AvgIpc) is 3.06. The lowest BCUT2D eigenvalue weighted by Crippen LogP contribution is -2.38. The third kappa shape index (κ3) is 4.32. The van der Waals surface area contributed by atoms with E-state index in [0.717, 1.165) is 17.9 Å². The van der Waals surface area contributed by atoms with Gasteiger partial charge in [0.1, 0.15) is 5.60 Å². The Morgan fingerprint density at radius 1 is 1.53 bits per heavy atom. The van der Waals surface area contributed by atoms with Crippen LogP contribution in [0, 0.1) is 5.92 Å². The molecule has 1 unspecified atom stereocenters. The van der Waals surface area contributed by atoms with Crippen LogP contribution in [0.2, 0.25) is 0 Å². The van der Waals surface area contributed by atoms with Gasteiger partial charge in [0.25, 0.3) is 0 Å². The highest BCUT2D eigenvalue weighted by atomic mass is 32.1. The standard InChI is InChI=1S/C15H23NO2S/c1-15(18,13-8-9-19-10-13)11-16-14(17)7-6-12-4-2-3-5-12/h8-10,12,18H,2-7,11H2,1H3,(H,16,17). The molecule has 0 spiro atoms. The number of amides is 1. The van der Waals surface area contributed by atoms with E-state index in [2.05, 4.69) is 5.32 Å². The number of carbonyl (C=O) groups is 1. The molecule has 1 aliphatic rings. The van der Waals surface area contributed by atoms with Crippen LogP contribution in [0.15, 0.2) is 16.8 Å². The Bertz CT molecular complexity index is 394. The monoisotopic (exact) mass is 281 g/mol. The summed E-state index contributed by atoms with van der Waals surface area (Å²) in [5, 5.41) is 17.0. The number of hydrogen-bond donors (Lipinski definition) is 2. The van der Waals surface area contributed by atoms with Crippen molar-refractivity contribution in [2.75, 3.05) is 6.54 Å². The van der Waals surface area contributed by atoms with Crippen molar-refractivity contribution in [1.82, 2.24) is 5.32 Å². The zero-order valence-electron chi connectivity index (χ0n) is 11.5. The first-order valence-corrected chi connectivity index (χ1v) is 8.04. The van der Waals surface area contributed by atoms with Crippen molar-refractivity contribution >= 4 is 17.2 Å². The molecule has 106 valence electrons. The second kappa shape index (κ2) is 6.53. The fraction of sp³-hybridized carbons (Fsp3) is 0.667. The SMILES string of the molecule is CC(O)(CNC(=O)CCC1CCCC1)c1ccsc1. The summed E-state index contributed by atoms with van der Waals surface area (Å²) in [6.07, 6.45) is 6.77. The van der Waals surface area contributed by atoms with Crippen LogP contribution in [0.3, 0.4) is 0 Å². The topological polar surface area (TPSA) is 49.3 Å². The maximum Gasteiger partial charge on any atom is 0.220 e. The summed E-state index contributed by atoms with van der Waals surface area (Å²) in [4.78, 5) is 11.8. The first kappa shape index (κ1) is 14.5. The molecule has 4 heteroatoms. The van der Waals surface area contributed by atoms with Crippen LogP contribution in [0.4, 0.5) is 0 Å². The van der Waals surface area contributed by atoms with Crippen LogP contribution in [0.25, 0.3) is 0 Å². The van der Waals surface area contributed by atoms with Gasteiger partial charge in [-0.05, 0) is 41.7 Å². The highest BCUT2D eigenvalue weighted by molar-refractivity contribution is 7.08. The van der Waals surface area contributed by atoms with E-state index in [1.54, 1.807) is 18.3 Å². The molecule has 1 fully saturated rings. The zero-order chi connectivity index (χ0) is 13.7. The van der Waals surface area contributed by atoms with Crippen molar-refractivity contribution in [3.8, 4) is 0 Å². The Labute approximate surface area is 119 Å². The molecule has 0 saturated heterocycles. The Kier molecular flexibility index (Phi) is 4.99. The molecule has 0 aromatic carbocycles. The van der Waals surface area contributed by atoms with Crippen LogP contribution in [-0.4, -0.2) is 17.6 Å². The molecule has 19 heavy (non-hydrogen) atoms. The summed E-state index contributed by atoms with van der Waals surface area (Å²) in [5.74, 6) is 0.797. The number of hydrogen-bond acceptors (Lipinski definition) is 3. The van der Waals surface area contributed by atoms with Gasteiger partial charge in [-0.1, -0.05) is 25.7 Å². The summed E-state index contributed by atoms with van der Waals surface area (Å²) >= 11 is 1.56. The van der Waals surface area contributed by atoms with Crippen molar-refractivity contribution in [2.24, 2.45) is 5.92 Å². The van der Waals surface area contributed by atoms with Crippen molar-refractivity contribution in [1.29, 1.82) is 0 Å². The van der Waals surface area contributed by atoms with Crippen molar-refractivity contribution in [3.63, 3.8) is 0 Å². The maximum atomic E-state index is 11.8. The minimum atomic E-state index is -0.969. The highest BCUT2D eigenvalue weighted by Crippen LogP contribution is 2.28. The molecule has 1 aromatic heterocycles. The van der Waals surface area contributed by atoms with Gasteiger partial charge in [0.05, 0.1) is 6.54 Å². The Morgan fingerprint density at radius 2 is 2.26 bits per heavy atom. The fourth-order valence-electron chi connectivity index (χ4n) is 2.67. The molecular formula is C15H23NO2S. The van der Waals surface area contributed by atoms with Gasteiger partial charge in [-0.15, -0.1) is 0 Å². The molecule has 1 aliphatic carbocycles. The Morgan fingerprint density at radius 3 is 2.89 bits per heavy atom. The lowest BCUT2D eigenvalue weighted by atomic mass is 9.98. The van der Waals surface area contributed by atoms with Crippen LogP contribution >= 0.6 is 11.3 Å². The minimum Gasteiger partial charge on any atom is -0.384 e. The van der Waals surface area contributed by atoms with Gasteiger partial charge in [-0.3, -0.25) is 4.79 Å².